The first kappa shape index (κ1) is 40.9. The fourth-order valence-corrected chi connectivity index (χ4v) is 6.00. The Balaban J connectivity index is 1.97. The zero-order chi connectivity index (χ0) is 39.8. The van der Waals surface area contributed by atoms with Crippen molar-refractivity contribution < 1.29 is 76.5 Å². The normalized spacial score (nSPS) is 16.6. The highest BCUT2D eigenvalue weighted by molar-refractivity contribution is 5.91. The highest BCUT2D eigenvalue weighted by atomic mass is 19.4. The molecule has 1 heterocycles. The predicted molar refractivity (Wildman–Crippen MR) is 163 cm³/mol. The summed E-state index contributed by atoms with van der Waals surface area (Å²) in [6, 6.07) is 1.21. The molecule has 0 radical (unpaired) electrons. The van der Waals surface area contributed by atoms with E-state index < -0.39 is 95.1 Å². The van der Waals surface area contributed by atoms with E-state index in [-0.39, 0.29) is 60.0 Å². The van der Waals surface area contributed by atoms with Crippen LogP contribution in [-0.2, 0) is 47.2 Å². The Bertz CT molecular complexity index is 1770. The van der Waals surface area contributed by atoms with Gasteiger partial charge in [-0.2, -0.15) is 52.7 Å². The summed E-state index contributed by atoms with van der Waals surface area (Å²) in [6.45, 7) is 1.85. The molecule has 2 amide bonds. The number of alkyl halides is 12. The third-order valence-electron chi connectivity index (χ3n) is 8.32. The molecule has 0 saturated carbocycles. The first-order valence-electron chi connectivity index (χ1n) is 15.5. The Morgan fingerprint density at radius 1 is 0.698 bits per heavy atom. The van der Waals surface area contributed by atoms with E-state index in [9.17, 15) is 62.3 Å². The van der Waals surface area contributed by atoms with E-state index in [2.05, 4.69) is 0 Å². The molecule has 0 bridgehead atoms. The number of methoxy groups -OCH3 is 2. The largest absolute Gasteiger partial charge is 0.493 e. The zero-order valence-corrected chi connectivity index (χ0v) is 28.1. The van der Waals surface area contributed by atoms with Crippen molar-refractivity contribution >= 4 is 17.7 Å². The van der Waals surface area contributed by atoms with Gasteiger partial charge in [0.1, 0.15) is 0 Å². The maximum absolute atomic E-state index is 14.2. The van der Waals surface area contributed by atoms with Gasteiger partial charge in [-0.1, -0.05) is 0 Å². The van der Waals surface area contributed by atoms with E-state index in [1.165, 1.54) is 40.2 Å². The van der Waals surface area contributed by atoms with Gasteiger partial charge in [-0.05, 0) is 73.9 Å². The zero-order valence-electron chi connectivity index (χ0n) is 28.1. The fraction of sp³-hybridized carbons (Fsp3) is 0.412. The lowest BCUT2D eigenvalue weighted by atomic mass is 9.89. The van der Waals surface area contributed by atoms with Gasteiger partial charge >= 0.3 is 30.8 Å². The number of amides is 2. The van der Waals surface area contributed by atoms with Gasteiger partial charge in [0.15, 0.2) is 11.5 Å². The van der Waals surface area contributed by atoms with Crippen molar-refractivity contribution in [1.82, 2.24) is 4.90 Å². The molecule has 0 aromatic heterocycles. The Morgan fingerprint density at radius 2 is 1.13 bits per heavy atom. The number of ether oxygens (including phenoxy) is 3. The van der Waals surface area contributed by atoms with Crippen LogP contribution in [-0.4, -0.2) is 43.8 Å². The van der Waals surface area contributed by atoms with Gasteiger partial charge in [-0.15, -0.1) is 0 Å². The first-order valence-corrected chi connectivity index (χ1v) is 15.5. The van der Waals surface area contributed by atoms with E-state index in [1.54, 1.807) is 0 Å². The molecule has 0 unspecified atom stereocenters. The van der Waals surface area contributed by atoms with Gasteiger partial charge < -0.3 is 19.1 Å². The topological polar surface area (TPSA) is 68.3 Å². The van der Waals surface area contributed by atoms with Crippen LogP contribution in [0, 0.1) is 0 Å². The Labute approximate surface area is 294 Å². The molecule has 2 atom stereocenters. The van der Waals surface area contributed by atoms with Gasteiger partial charge in [0.25, 0.3) is 0 Å². The standard InChI is InChI=1S/C34H30F12N2O5/c1-5-53-30(50)48-17(2)6-25(24-14-27(51-3)28(52-4)15-26(24)48)47(16-19-9-22(33(41,42)43)13-23(10-19)34(44,45)46)29(49)11-18-7-20(31(35,36)37)12-21(8-18)32(38,39)40/h7-10,12-15,17,25H,5-6,11,16H2,1-4H3/t17-,25+/m0/s1. The Kier molecular flexibility index (Phi) is 11.5. The SMILES string of the molecule is CCOC(=O)N1c2cc(OC)c(OC)cc2[C@H](N(Cc2cc(C(F)(F)F)cc(C(F)(F)F)c2)C(=O)Cc2cc(C(F)(F)F)cc(C(F)(F)F)c2)C[C@@H]1C. The molecule has 4 rings (SSSR count). The molecular formula is C34H30F12N2O5. The number of fused-ring (bicyclic) bond motifs is 1. The van der Waals surface area contributed by atoms with Crippen LogP contribution >= 0.6 is 0 Å². The van der Waals surface area contributed by atoms with Gasteiger partial charge in [0.2, 0.25) is 5.91 Å². The summed E-state index contributed by atoms with van der Waals surface area (Å²) in [5.74, 6) is -1.23. The molecule has 1 aliphatic heterocycles. The number of nitrogens with zero attached hydrogens (tertiary/aromatic N) is 2. The minimum atomic E-state index is -5.30. The Morgan fingerprint density at radius 3 is 1.55 bits per heavy atom. The van der Waals surface area contributed by atoms with E-state index in [0.29, 0.717) is 12.1 Å². The molecule has 3 aromatic rings. The number of carbonyl (C=O) groups excluding carboxylic acids is 2. The molecular weight excluding hydrogens is 744 g/mol. The summed E-state index contributed by atoms with van der Waals surface area (Å²) in [5, 5.41) is 0. The van der Waals surface area contributed by atoms with Gasteiger partial charge in [0.05, 0.1) is 61.2 Å². The van der Waals surface area contributed by atoms with Crippen LogP contribution in [0.25, 0.3) is 0 Å². The predicted octanol–water partition coefficient (Wildman–Crippen LogP) is 9.85. The van der Waals surface area contributed by atoms with Crippen molar-refractivity contribution in [3.05, 3.63) is 87.5 Å². The number of hydrogen-bond acceptors (Lipinski definition) is 5. The summed E-state index contributed by atoms with van der Waals surface area (Å²) < 4.78 is 181. The quantitative estimate of drug-likeness (QED) is 0.213. The van der Waals surface area contributed by atoms with Gasteiger partial charge in [-0.25, -0.2) is 4.79 Å². The van der Waals surface area contributed by atoms with Crippen LogP contribution < -0.4 is 14.4 Å². The third-order valence-corrected chi connectivity index (χ3v) is 8.32. The Hall–Kier alpha value is -4.84. The molecule has 53 heavy (non-hydrogen) atoms. The summed E-state index contributed by atoms with van der Waals surface area (Å²) in [6.07, 6.45) is -23.6. The molecule has 0 N–H and O–H groups in total. The monoisotopic (exact) mass is 774 g/mol. The maximum Gasteiger partial charge on any atom is 0.416 e. The van der Waals surface area contributed by atoms with Crippen LogP contribution in [0.1, 0.15) is 65.3 Å². The number of anilines is 1. The molecule has 0 spiro atoms. The van der Waals surface area contributed by atoms with Crippen LogP contribution in [0.4, 0.5) is 63.2 Å². The second kappa shape index (κ2) is 14.9. The molecule has 3 aromatic carbocycles. The van der Waals surface area contributed by atoms with Crippen molar-refractivity contribution in [2.24, 2.45) is 0 Å². The number of rotatable bonds is 8. The number of benzene rings is 3. The first-order chi connectivity index (χ1) is 24.4. The lowest BCUT2D eigenvalue weighted by Crippen LogP contribution is -2.48. The second-order valence-electron chi connectivity index (χ2n) is 12.0. The fourth-order valence-electron chi connectivity index (χ4n) is 6.00. The van der Waals surface area contributed by atoms with Gasteiger partial charge in [-0.3, -0.25) is 9.69 Å². The molecule has 0 fully saturated rings. The van der Waals surface area contributed by atoms with Crippen molar-refractivity contribution in [1.29, 1.82) is 0 Å². The van der Waals surface area contributed by atoms with Crippen molar-refractivity contribution in [2.45, 2.75) is 70.0 Å². The smallest absolute Gasteiger partial charge is 0.416 e. The molecule has 1 aliphatic rings. The van der Waals surface area contributed by atoms with E-state index in [4.69, 9.17) is 14.2 Å². The average Bonchev–Trinajstić information content (AvgIpc) is 3.04. The molecule has 290 valence electrons. The van der Waals surface area contributed by atoms with Crippen LogP contribution in [0.5, 0.6) is 11.5 Å². The highest BCUT2D eigenvalue weighted by Gasteiger charge is 2.42. The van der Waals surface area contributed by atoms with Gasteiger partial charge in [0, 0.05) is 24.2 Å². The van der Waals surface area contributed by atoms with Crippen LogP contribution in [0.3, 0.4) is 0 Å². The molecule has 19 heteroatoms. The summed E-state index contributed by atoms with van der Waals surface area (Å²) in [7, 11) is 2.46. The van der Waals surface area contributed by atoms with E-state index in [0.717, 1.165) is 9.80 Å². The second-order valence-corrected chi connectivity index (χ2v) is 12.0. The molecule has 0 aliphatic carbocycles. The molecule has 0 saturated heterocycles. The maximum atomic E-state index is 14.2. The van der Waals surface area contributed by atoms with E-state index >= 15 is 0 Å². The summed E-state index contributed by atoms with van der Waals surface area (Å²) >= 11 is 0. The van der Waals surface area contributed by atoms with Crippen molar-refractivity contribution in [3.8, 4) is 11.5 Å². The summed E-state index contributed by atoms with van der Waals surface area (Å²) in [4.78, 5) is 29.2. The average molecular weight is 775 g/mol. The highest BCUT2D eigenvalue weighted by Crippen LogP contribution is 2.47. The molecule has 7 nitrogen and oxygen atoms in total. The van der Waals surface area contributed by atoms with Crippen molar-refractivity contribution in [2.75, 3.05) is 25.7 Å². The third kappa shape index (κ3) is 9.22. The van der Waals surface area contributed by atoms with Crippen LogP contribution in [0.2, 0.25) is 0 Å². The summed E-state index contributed by atoms with van der Waals surface area (Å²) in [5.41, 5.74) is -8.48. The van der Waals surface area contributed by atoms with Crippen LogP contribution in [0.15, 0.2) is 48.5 Å². The lowest BCUT2D eigenvalue weighted by Gasteiger charge is -2.43. The van der Waals surface area contributed by atoms with Crippen molar-refractivity contribution in [3.63, 3.8) is 0 Å². The minimum Gasteiger partial charge on any atom is -0.493 e. The number of hydrogen-bond donors (Lipinski definition) is 0. The number of halogens is 12. The minimum absolute atomic E-state index is 0.00102. The number of carbonyl (C=O) groups is 2. The van der Waals surface area contributed by atoms with E-state index in [1.807, 2.05) is 0 Å². The lowest BCUT2D eigenvalue weighted by molar-refractivity contribution is -0.145.